The summed E-state index contributed by atoms with van der Waals surface area (Å²) in [4.78, 5) is 14.3. The summed E-state index contributed by atoms with van der Waals surface area (Å²) in [5, 5.41) is 13.0. The summed E-state index contributed by atoms with van der Waals surface area (Å²) >= 11 is 5.34. The van der Waals surface area contributed by atoms with Gasteiger partial charge in [-0.2, -0.15) is 0 Å². The van der Waals surface area contributed by atoms with Gasteiger partial charge in [0.1, 0.15) is 5.70 Å². The topological polar surface area (TPSA) is 61.8 Å². The smallest absolute Gasteiger partial charge is 0.281 e. The Labute approximate surface area is 151 Å². The SMILES string of the molecule is COc1cc(C=C2NC(=S)N(c3cc(C)cc(C)c3)C2=O)ccc1O. The number of benzene rings is 2. The van der Waals surface area contributed by atoms with E-state index in [-0.39, 0.29) is 11.7 Å². The van der Waals surface area contributed by atoms with E-state index < -0.39 is 0 Å². The highest BCUT2D eigenvalue weighted by atomic mass is 32.1. The molecule has 1 fully saturated rings. The summed E-state index contributed by atoms with van der Waals surface area (Å²) in [6.07, 6.45) is 1.68. The van der Waals surface area contributed by atoms with Crippen LogP contribution < -0.4 is 15.0 Å². The third kappa shape index (κ3) is 3.34. The van der Waals surface area contributed by atoms with Crippen molar-refractivity contribution < 1.29 is 14.6 Å². The fourth-order valence-electron chi connectivity index (χ4n) is 2.80. The minimum absolute atomic E-state index is 0.0442. The molecule has 0 aliphatic carbocycles. The molecule has 0 radical (unpaired) electrons. The molecule has 2 aromatic rings. The molecule has 0 spiro atoms. The first-order valence-electron chi connectivity index (χ1n) is 7.71. The van der Waals surface area contributed by atoms with E-state index in [4.69, 9.17) is 17.0 Å². The third-order valence-electron chi connectivity index (χ3n) is 3.86. The van der Waals surface area contributed by atoms with E-state index in [0.717, 1.165) is 22.4 Å². The molecule has 0 unspecified atom stereocenters. The predicted molar refractivity (Wildman–Crippen MR) is 102 cm³/mol. The molecule has 5 nitrogen and oxygen atoms in total. The number of aryl methyl sites for hydroxylation is 2. The summed E-state index contributed by atoms with van der Waals surface area (Å²) < 4.78 is 5.09. The van der Waals surface area contributed by atoms with Crippen LogP contribution in [-0.2, 0) is 4.79 Å². The molecule has 1 aliphatic heterocycles. The maximum atomic E-state index is 12.8. The van der Waals surface area contributed by atoms with Crippen LogP contribution in [0, 0.1) is 13.8 Å². The molecule has 1 aliphatic rings. The molecular formula is C19H18N2O3S. The number of amides is 1. The van der Waals surface area contributed by atoms with Crippen molar-refractivity contribution in [3.8, 4) is 11.5 Å². The molecule has 0 aromatic heterocycles. The molecule has 25 heavy (non-hydrogen) atoms. The first kappa shape index (κ1) is 17.0. The zero-order chi connectivity index (χ0) is 18.1. The normalized spacial score (nSPS) is 15.6. The van der Waals surface area contributed by atoms with Crippen molar-refractivity contribution in [2.24, 2.45) is 0 Å². The van der Waals surface area contributed by atoms with Gasteiger partial charge in [-0.3, -0.25) is 9.69 Å². The lowest BCUT2D eigenvalue weighted by molar-refractivity contribution is -0.113. The number of carbonyl (C=O) groups is 1. The van der Waals surface area contributed by atoms with Crippen molar-refractivity contribution in [2.45, 2.75) is 13.8 Å². The molecule has 0 bridgehead atoms. The van der Waals surface area contributed by atoms with Crippen LogP contribution in [0.1, 0.15) is 16.7 Å². The van der Waals surface area contributed by atoms with E-state index in [1.54, 1.807) is 18.2 Å². The number of hydrogen-bond acceptors (Lipinski definition) is 4. The van der Waals surface area contributed by atoms with Gasteiger partial charge in [0, 0.05) is 0 Å². The van der Waals surface area contributed by atoms with Crippen molar-refractivity contribution >= 4 is 35.0 Å². The number of anilines is 1. The van der Waals surface area contributed by atoms with Gasteiger partial charge >= 0.3 is 0 Å². The molecule has 2 aromatic carbocycles. The maximum absolute atomic E-state index is 12.8. The van der Waals surface area contributed by atoms with Gasteiger partial charge < -0.3 is 15.2 Å². The molecule has 0 saturated carbocycles. The second-order valence-electron chi connectivity index (χ2n) is 5.91. The van der Waals surface area contributed by atoms with Crippen LogP contribution in [0.15, 0.2) is 42.1 Å². The van der Waals surface area contributed by atoms with Crippen LogP contribution in [0.4, 0.5) is 5.69 Å². The number of methoxy groups -OCH3 is 1. The second-order valence-corrected chi connectivity index (χ2v) is 6.29. The third-order valence-corrected chi connectivity index (χ3v) is 4.14. The van der Waals surface area contributed by atoms with Crippen LogP contribution in [0.2, 0.25) is 0 Å². The van der Waals surface area contributed by atoms with Crippen molar-refractivity contribution in [3.05, 3.63) is 58.8 Å². The Morgan fingerprint density at radius 2 is 1.84 bits per heavy atom. The molecular weight excluding hydrogens is 336 g/mol. The van der Waals surface area contributed by atoms with Crippen LogP contribution in [0.5, 0.6) is 11.5 Å². The lowest BCUT2D eigenvalue weighted by Crippen LogP contribution is -2.30. The maximum Gasteiger partial charge on any atom is 0.281 e. The van der Waals surface area contributed by atoms with Crippen LogP contribution >= 0.6 is 12.2 Å². The van der Waals surface area contributed by atoms with Crippen molar-refractivity contribution in [3.63, 3.8) is 0 Å². The van der Waals surface area contributed by atoms with E-state index >= 15 is 0 Å². The number of carbonyl (C=O) groups excluding carboxylic acids is 1. The zero-order valence-electron chi connectivity index (χ0n) is 14.2. The molecule has 0 atom stereocenters. The molecule has 1 amide bonds. The first-order chi connectivity index (χ1) is 11.9. The minimum Gasteiger partial charge on any atom is -0.504 e. The number of nitrogens with one attached hydrogen (secondary N) is 1. The second kappa shape index (κ2) is 6.57. The Bertz CT molecular complexity index is 885. The standard InChI is InChI=1S/C19H18N2O3S/c1-11-6-12(2)8-14(7-11)21-18(23)15(20-19(21)25)9-13-4-5-16(22)17(10-13)24-3/h4-10,22H,1-3H3,(H,20,25). The minimum atomic E-state index is -0.220. The summed E-state index contributed by atoms with van der Waals surface area (Å²) in [6.45, 7) is 3.96. The Balaban J connectivity index is 1.96. The number of hydrogen-bond donors (Lipinski definition) is 2. The molecule has 6 heteroatoms. The van der Waals surface area contributed by atoms with E-state index in [1.165, 1.54) is 18.1 Å². The van der Waals surface area contributed by atoms with Gasteiger partial charge in [-0.1, -0.05) is 12.1 Å². The van der Waals surface area contributed by atoms with Crippen LogP contribution in [0.3, 0.4) is 0 Å². The number of ether oxygens (including phenoxy) is 1. The fourth-order valence-corrected chi connectivity index (χ4v) is 3.10. The van der Waals surface area contributed by atoms with E-state index in [1.807, 2.05) is 32.0 Å². The van der Waals surface area contributed by atoms with E-state index in [0.29, 0.717) is 16.6 Å². The monoisotopic (exact) mass is 354 g/mol. The highest BCUT2D eigenvalue weighted by Crippen LogP contribution is 2.29. The van der Waals surface area contributed by atoms with Gasteiger partial charge in [-0.05, 0) is 73.1 Å². The largest absolute Gasteiger partial charge is 0.504 e. The quantitative estimate of drug-likeness (QED) is 0.654. The summed E-state index contributed by atoms with van der Waals surface area (Å²) in [5.74, 6) is 0.165. The van der Waals surface area contributed by atoms with Crippen LogP contribution in [-0.4, -0.2) is 23.2 Å². The average molecular weight is 354 g/mol. The lowest BCUT2D eigenvalue weighted by atomic mass is 10.1. The number of phenolic OH excluding ortho intramolecular Hbond substituents is 1. The fraction of sp³-hybridized carbons (Fsp3) is 0.158. The van der Waals surface area contributed by atoms with Gasteiger partial charge in [0.25, 0.3) is 5.91 Å². The van der Waals surface area contributed by atoms with Crippen molar-refractivity contribution in [2.75, 3.05) is 12.0 Å². The number of nitrogens with zero attached hydrogens (tertiary/aromatic N) is 1. The molecule has 1 heterocycles. The molecule has 128 valence electrons. The van der Waals surface area contributed by atoms with Gasteiger partial charge in [-0.15, -0.1) is 0 Å². The number of aromatic hydroxyl groups is 1. The molecule has 3 rings (SSSR count). The van der Waals surface area contributed by atoms with Gasteiger partial charge in [-0.25, -0.2) is 0 Å². The zero-order valence-corrected chi connectivity index (χ0v) is 15.0. The van der Waals surface area contributed by atoms with Gasteiger partial charge in [0.15, 0.2) is 16.6 Å². The molecule has 2 N–H and O–H groups in total. The average Bonchev–Trinajstić information content (AvgIpc) is 2.82. The van der Waals surface area contributed by atoms with E-state index in [9.17, 15) is 9.90 Å². The summed E-state index contributed by atoms with van der Waals surface area (Å²) in [6, 6.07) is 10.8. The highest BCUT2D eigenvalue weighted by molar-refractivity contribution is 7.80. The Morgan fingerprint density at radius 3 is 2.48 bits per heavy atom. The Hall–Kier alpha value is -2.86. The summed E-state index contributed by atoms with van der Waals surface area (Å²) in [5.41, 5.74) is 3.96. The predicted octanol–water partition coefficient (Wildman–Crippen LogP) is 3.28. The van der Waals surface area contributed by atoms with E-state index in [2.05, 4.69) is 5.32 Å². The van der Waals surface area contributed by atoms with Crippen molar-refractivity contribution in [1.82, 2.24) is 5.32 Å². The Kier molecular flexibility index (Phi) is 4.46. The lowest BCUT2D eigenvalue weighted by Gasteiger charge is -2.15. The number of phenols is 1. The number of thiocarbonyl (C=S) groups is 1. The molecule has 1 saturated heterocycles. The highest BCUT2D eigenvalue weighted by Gasteiger charge is 2.32. The van der Waals surface area contributed by atoms with Crippen molar-refractivity contribution in [1.29, 1.82) is 0 Å². The Morgan fingerprint density at radius 1 is 1.16 bits per heavy atom. The first-order valence-corrected chi connectivity index (χ1v) is 8.12. The van der Waals surface area contributed by atoms with Crippen LogP contribution in [0.25, 0.3) is 6.08 Å². The summed E-state index contributed by atoms with van der Waals surface area (Å²) in [7, 11) is 1.47. The van der Waals surface area contributed by atoms with Gasteiger partial charge in [0.05, 0.1) is 12.8 Å². The number of rotatable bonds is 3. The van der Waals surface area contributed by atoms with Gasteiger partial charge in [0.2, 0.25) is 0 Å².